The van der Waals surface area contributed by atoms with Crippen LogP contribution in [0.1, 0.15) is 49.7 Å². The molecule has 104 valence electrons. The molecule has 4 bridgehead atoms. The molecule has 19 heavy (non-hydrogen) atoms. The summed E-state index contributed by atoms with van der Waals surface area (Å²) in [4.78, 5) is 0. The Morgan fingerprint density at radius 2 is 1.21 bits per heavy atom. The van der Waals surface area contributed by atoms with Crippen LogP contribution in [-0.2, 0) is 0 Å². The molecule has 0 radical (unpaired) electrons. The Hall–Kier alpha value is -0.820. The first-order valence-corrected chi connectivity index (χ1v) is 7.85. The second-order valence-corrected chi connectivity index (χ2v) is 7.36. The Bertz CT molecular complexity index is 392. The van der Waals surface area contributed by atoms with Crippen LogP contribution < -0.4 is 5.73 Å². The summed E-state index contributed by atoms with van der Waals surface area (Å²) in [5.74, 6) is 3.06. The second kappa shape index (κ2) is 4.94. The zero-order chi connectivity index (χ0) is 13.5. The van der Waals surface area contributed by atoms with E-state index < -0.39 is 0 Å². The highest BCUT2D eigenvalue weighted by Gasteiger charge is 2.48. The Labute approximate surface area is 117 Å². The van der Waals surface area contributed by atoms with Gasteiger partial charge in [0.15, 0.2) is 0 Å². The van der Waals surface area contributed by atoms with E-state index in [1.165, 1.54) is 49.7 Å². The van der Waals surface area contributed by atoms with Crippen molar-refractivity contribution in [2.75, 3.05) is 0 Å². The van der Waals surface area contributed by atoms with E-state index >= 15 is 0 Å². The summed E-state index contributed by atoms with van der Waals surface area (Å²) < 4.78 is 0. The maximum absolute atomic E-state index is 6.32. The van der Waals surface area contributed by atoms with Gasteiger partial charge in [-0.1, -0.05) is 24.3 Å². The molecule has 0 unspecified atom stereocenters. The summed E-state index contributed by atoms with van der Waals surface area (Å²) in [7, 11) is 0. The average Bonchev–Trinajstić information content (AvgIpc) is 2.30. The first-order valence-electron chi connectivity index (χ1n) is 7.85. The minimum atomic E-state index is 0.300. The largest absolute Gasteiger partial charge is 0.325 e. The van der Waals surface area contributed by atoms with Crippen molar-refractivity contribution in [2.24, 2.45) is 23.5 Å². The van der Waals surface area contributed by atoms with Gasteiger partial charge in [0.2, 0.25) is 0 Å². The van der Waals surface area contributed by atoms with E-state index in [4.69, 9.17) is 5.73 Å². The number of aryl methyl sites for hydroxylation is 2. The highest BCUT2D eigenvalue weighted by molar-refractivity contribution is 5.23. The molecule has 4 fully saturated rings. The molecule has 0 heterocycles. The standard InChI is InChI=1S/C10H17N.C8H10/c11-10-4-7-1-8(5-10)3-9(2-7)6-10;1-7-5-3-4-6-8(7)2/h7-9H,1-6,11H2;3-6H,1-2H3. The van der Waals surface area contributed by atoms with Gasteiger partial charge in [-0.3, -0.25) is 0 Å². The van der Waals surface area contributed by atoms with Gasteiger partial charge in [-0.15, -0.1) is 0 Å². The monoisotopic (exact) mass is 257 g/mol. The van der Waals surface area contributed by atoms with Crippen molar-refractivity contribution < 1.29 is 0 Å². The van der Waals surface area contributed by atoms with Crippen LogP contribution in [0.2, 0.25) is 0 Å². The molecule has 1 aromatic carbocycles. The molecule has 2 N–H and O–H groups in total. The van der Waals surface area contributed by atoms with E-state index in [1.807, 2.05) is 0 Å². The van der Waals surface area contributed by atoms with Crippen LogP contribution >= 0.6 is 0 Å². The third kappa shape index (κ3) is 2.86. The van der Waals surface area contributed by atoms with Gasteiger partial charge in [-0.05, 0) is 81.3 Å². The lowest BCUT2D eigenvalue weighted by atomic mass is 9.53. The minimum Gasteiger partial charge on any atom is -0.325 e. The molecule has 4 saturated carbocycles. The zero-order valence-corrected chi connectivity index (χ0v) is 12.4. The van der Waals surface area contributed by atoms with Crippen molar-refractivity contribution in [3.63, 3.8) is 0 Å². The Kier molecular flexibility index (Phi) is 3.42. The summed E-state index contributed by atoms with van der Waals surface area (Å²) >= 11 is 0. The lowest BCUT2D eigenvalue weighted by molar-refractivity contribution is 0.000365. The second-order valence-electron chi connectivity index (χ2n) is 7.36. The number of hydrogen-bond donors (Lipinski definition) is 1. The first-order chi connectivity index (χ1) is 9.04. The molecule has 1 nitrogen and oxygen atoms in total. The van der Waals surface area contributed by atoms with Crippen molar-refractivity contribution in [3.8, 4) is 0 Å². The molecule has 0 saturated heterocycles. The van der Waals surface area contributed by atoms with E-state index in [0.717, 1.165) is 17.8 Å². The quantitative estimate of drug-likeness (QED) is 0.740. The fraction of sp³-hybridized carbons (Fsp3) is 0.667. The molecule has 4 aliphatic rings. The summed E-state index contributed by atoms with van der Waals surface area (Å²) in [5, 5.41) is 0. The van der Waals surface area contributed by atoms with Gasteiger partial charge < -0.3 is 5.73 Å². The van der Waals surface area contributed by atoms with Crippen LogP contribution in [0.25, 0.3) is 0 Å². The summed E-state index contributed by atoms with van der Waals surface area (Å²) in [6.45, 7) is 4.24. The van der Waals surface area contributed by atoms with Gasteiger partial charge in [-0.2, -0.15) is 0 Å². The van der Waals surface area contributed by atoms with Gasteiger partial charge in [0.05, 0.1) is 0 Å². The van der Waals surface area contributed by atoms with Crippen molar-refractivity contribution in [1.29, 1.82) is 0 Å². The maximum Gasteiger partial charge on any atom is 0.0162 e. The van der Waals surface area contributed by atoms with Gasteiger partial charge in [0.25, 0.3) is 0 Å². The molecule has 4 aliphatic carbocycles. The molecular formula is C18H27N. The van der Waals surface area contributed by atoms with E-state index in [-0.39, 0.29) is 0 Å². The Morgan fingerprint density at radius 3 is 1.47 bits per heavy atom. The maximum atomic E-state index is 6.32. The van der Waals surface area contributed by atoms with E-state index in [0.29, 0.717) is 5.54 Å². The third-order valence-electron chi connectivity index (χ3n) is 5.51. The minimum absolute atomic E-state index is 0.300. The zero-order valence-electron chi connectivity index (χ0n) is 12.4. The van der Waals surface area contributed by atoms with Gasteiger partial charge in [0.1, 0.15) is 0 Å². The molecule has 0 aliphatic heterocycles. The van der Waals surface area contributed by atoms with Gasteiger partial charge in [0, 0.05) is 5.54 Å². The molecule has 5 rings (SSSR count). The summed E-state index contributed by atoms with van der Waals surface area (Å²) in [6.07, 6.45) is 8.57. The van der Waals surface area contributed by atoms with Crippen LogP contribution in [0.5, 0.6) is 0 Å². The van der Waals surface area contributed by atoms with Crippen LogP contribution in [0, 0.1) is 31.6 Å². The lowest BCUT2D eigenvalue weighted by Gasteiger charge is -2.55. The van der Waals surface area contributed by atoms with Crippen LogP contribution in [-0.4, -0.2) is 5.54 Å². The Morgan fingerprint density at radius 1 is 0.842 bits per heavy atom. The predicted octanol–water partition coefficient (Wildman–Crippen LogP) is 4.22. The molecule has 0 amide bonds. The Balaban J connectivity index is 0.000000123. The molecule has 1 aromatic rings. The van der Waals surface area contributed by atoms with Crippen LogP contribution in [0.3, 0.4) is 0 Å². The molecule has 0 aromatic heterocycles. The topological polar surface area (TPSA) is 26.0 Å². The van der Waals surface area contributed by atoms with Crippen molar-refractivity contribution in [1.82, 2.24) is 0 Å². The number of benzene rings is 1. The van der Waals surface area contributed by atoms with Crippen molar-refractivity contribution in [3.05, 3.63) is 35.4 Å². The molecular weight excluding hydrogens is 230 g/mol. The molecule has 1 heteroatoms. The normalized spacial score (nSPS) is 38.8. The fourth-order valence-electron chi connectivity index (χ4n) is 4.84. The van der Waals surface area contributed by atoms with E-state index in [2.05, 4.69) is 38.1 Å². The SMILES string of the molecule is Cc1ccccc1C.NC12CC3CC(CC(C3)C1)C2. The van der Waals surface area contributed by atoms with Gasteiger partial charge >= 0.3 is 0 Å². The lowest BCUT2D eigenvalue weighted by Crippen LogP contribution is -2.55. The molecule has 0 spiro atoms. The fourth-order valence-corrected chi connectivity index (χ4v) is 4.84. The summed E-state index contributed by atoms with van der Waals surface area (Å²) in [5.41, 5.74) is 9.36. The third-order valence-corrected chi connectivity index (χ3v) is 5.51. The number of nitrogens with two attached hydrogens (primary N) is 1. The highest BCUT2D eigenvalue weighted by atomic mass is 14.8. The van der Waals surface area contributed by atoms with E-state index in [1.54, 1.807) is 0 Å². The van der Waals surface area contributed by atoms with Crippen LogP contribution in [0.15, 0.2) is 24.3 Å². The summed E-state index contributed by atoms with van der Waals surface area (Å²) in [6, 6.07) is 8.36. The number of rotatable bonds is 0. The van der Waals surface area contributed by atoms with Crippen molar-refractivity contribution >= 4 is 0 Å². The van der Waals surface area contributed by atoms with E-state index in [9.17, 15) is 0 Å². The molecule has 0 atom stereocenters. The van der Waals surface area contributed by atoms with Gasteiger partial charge in [-0.25, -0.2) is 0 Å². The average molecular weight is 257 g/mol. The first kappa shape index (κ1) is 13.2. The van der Waals surface area contributed by atoms with Crippen LogP contribution in [0.4, 0.5) is 0 Å². The van der Waals surface area contributed by atoms with Crippen molar-refractivity contribution in [2.45, 2.75) is 57.9 Å². The number of hydrogen-bond acceptors (Lipinski definition) is 1. The predicted molar refractivity (Wildman–Crippen MR) is 81.0 cm³/mol. The highest BCUT2D eigenvalue weighted by Crippen LogP contribution is 2.54. The smallest absolute Gasteiger partial charge is 0.0162 e.